The number of unbranched alkanes of at least 4 members (excludes halogenated alkanes) is 9. The molecule has 0 aliphatic heterocycles. The van der Waals surface area contributed by atoms with Crippen molar-refractivity contribution in [3.05, 3.63) is 6.92 Å². The maximum absolute atomic E-state index is 9.43. The smallest absolute Gasteiger partial charge is 0.351 e. The number of rotatable bonds is 10. The Kier molecular flexibility index (Phi) is 33.3. The van der Waals surface area contributed by atoms with Crippen molar-refractivity contribution in [1.29, 1.82) is 0 Å². The summed E-state index contributed by atoms with van der Waals surface area (Å²) in [6.07, 6.45) is 14.6. The molecule has 0 aliphatic carbocycles. The Labute approximate surface area is 165 Å². The van der Waals surface area contributed by atoms with E-state index in [0.717, 1.165) is 12.8 Å². The molecule has 0 atom stereocenters. The van der Waals surface area contributed by atoms with Gasteiger partial charge in [-0.1, -0.05) is 64.7 Å². The second kappa shape index (κ2) is 24.6. The summed E-state index contributed by atoms with van der Waals surface area (Å²) >= 11 is 0. The Morgan fingerprint density at radius 2 is 1.17 bits per heavy atom. The third-order valence-corrected chi connectivity index (χ3v) is 2.56. The third-order valence-electron chi connectivity index (χ3n) is 2.56. The van der Waals surface area contributed by atoms with Crippen LogP contribution in [0.5, 0.6) is 0 Å². The average Bonchev–Trinajstić information content (AvgIpc) is 2.40. The van der Waals surface area contributed by atoms with E-state index in [4.69, 9.17) is 17.5 Å². The average molecular weight is 363 g/mol. The predicted molar refractivity (Wildman–Crippen MR) is 91.1 cm³/mol. The van der Waals surface area contributed by atoms with Crippen molar-refractivity contribution in [2.75, 3.05) is 14.1 Å². The van der Waals surface area contributed by atoms with Gasteiger partial charge < -0.3 is 11.8 Å². The van der Waals surface area contributed by atoms with Crippen molar-refractivity contribution in [3.63, 3.8) is 0 Å². The molecular formula is C15H34NNaO5S. The van der Waals surface area contributed by atoms with Crippen LogP contribution in [0, 0.1) is 6.92 Å². The van der Waals surface area contributed by atoms with Crippen molar-refractivity contribution in [3.8, 4) is 0 Å². The van der Waals surface area contributed by atoms with Crippen LogP contribution in [0.25, 0.3) is 0 Å². The van der Waals surface area contributed by atoms with Gasteiger partial charge in [0.2, 0.25) is 6.41 Å². The molecule has 1 amide bonds. The molecule has 0 aromatic rings. The Bertz CT molecular complexity index is 293. The Hall–Kier alpha value is 0.340. The van der Waals surface area contributed by atoms with Crippen LogP contribution in [-0.2, 0) is 15.2 Å². The zero-order chi connectivity index (χ0) is 17.9. The second-order valence-corrected chi connectivity index (χ2v) is 6.09. The number of hydrogen-bond acceptors (Lipinski definition) is 3. The fourth-order valence-corrected chi connectivity index (χ4v) is 1.49. The summed E-state index contributed by atoms with van der Waals surface area (Å²) in [6, 6.07) is 0. The normalized spacial score (nSPS) is 9.48. The summed E-state index contributed by atoms with van der Waals surface area (Å²) in [5, 5.41) is 0. The fraction of sp³-hybridized carbons (Fsp3) is 0.867. The van der Waals surface area contributed by atoms with Gasteiger partial charge in [-0.2, -0.15) is 14.8 Å². The quantitative estimate of drug-likeness (QED) is 0.197. The summed E-state index contributed by atoms with van der Waals surface area (Å²) in [6.45, 7) is 6.12. The predicted octanol–water partition coefficient (Wildman–Crippen LogP) is 0.797. The number of carbonyl (C=O) groups is 1. The molecule has 0 aromatic heterocycles. The monoisotopic (exact) mass is 363 g/mol. The Morgan fingerprint density at radius 3 is 1.39 bits per heavy atom. The van der Waals surface area contributed by atoms with Crippen LogP contribution < -0.4 is 29.6 Å². The fourth-order valence-electron chi connectivity index (χ4n) is 1.49. The largest absolute Gasteiger partial charge is 1.00 e. The molecule has 8 heteroatoms. The topological polar surface area (TPSA) is 94.9 Å². The van der Waals surface area contributed by atoms with E-state index in [1.54, 1.807) is 14.1 Å². The molecule has 2 N–H and O–H groups in total. The minimum Gasteiger partial charge on any atom is -0.351 e. The molecule has 0 saturated heterocycles. The van der Waals surface area contributed by atoms with Crippen molar-refractivity contribution in [2.45, 2.75) is 71.1 Å². The standard InChI is InChI=1S/C12H25.C3H7NO.Na.H2O4S/c1-3-5-7-9-11-12-10-8-6-4-2;1-4(2)3-5;;1-5(2,3)4/h1,3-12H2,2H3;3H,1-2H3;;(H2,1,2,3,4)/q-1;;+1;. The number of hydrogen-bond donors (Lipinski definition) is 2. The molecule has 23 heavy (non-hydrogen) atoms. The number of amides is 1. The Morgan fingerprint density at radius 1 is 0.913 bits per heavy atom. The van der Waals surface area contributed by atoms with Crippen molar-refractivity contribution in [2.24, 2.45) is 0 Å². The van der Waals surface area contributed by atoms with Crippen LogP contribution in [0.1, 0.15) is 71.1 Å². The zero-order valence-corrected chi connectivity index (χ0v) is 18.1. The molecule has 0 aromatic carbocycles. The SMILES string of the molecule is CN(C)C=O.O=S(=O)(O)O.[CH2-]CCCCCCCCCCC.[Na+]. The molecule has 0 fully saturated rings. The van der Waals surface area contributed by atoms with Gasteiger partial charge in [0.1, 0.15) is 0 Å². The van der Waals surface area contributed by atoms with Gasteiger partial charge in [-0.25, -0.2) is 0 Å². The van der Waals surface area contributed by atoms with Gasteiger partial charge in [0, 0.05) is 14.1 Å². The van der Waals surface area contributed by atoms with Crippen molar-refractivity contribution >= 4 is 16.8 Å². The van der Waals surface area contributed by atoms with E-state index in [2.05, 4.69) is 13.8 Å². The summed E-state index contributed by atoms with van der Waals surface area (Å²) in [7, 11) is -1.29. The van der Waals surface area contributed by atoms with Gasteiger partial charge in [-0.05, 0) is 0 Å². The van der Waals surface area contributed by atoms with E-state index >= 15 is 0 Å². The van der Waals surface area contributed by atoms with E-state index in [1.807, 2.05) is 0 Å². The maximum atomic E-state index is 9.43. The van der Waals surface area contributed by atoms with Gasteiger partial charge in [0.25, 0.3) is 0 Å². The van der Waals surface area contributed by atoms with Crippen molar-refractivity contribution < 1.29 is 51.9 Å². The summed E-state index contributed by atoms with van der Waals surface area (Å²) < 4.78 is 31.6. The van der Waals surface area contributed by atoms with Crippen LogP contribution in [0.15, 0.2) is 0 Å². The van der Waals surface area contributed by atoms with Gasteiger partial charge >= 0.3 is 40.0 Å². The van der Waals surface area contributed by atoms with Crippen LogP contribution in [-0.4, -0.2) is 42.9 Å². The van der Waals surface area contributed by atoms with Crippen molar-refractivity contribution in [1.82, 2.24) is 4.90 Å². The van der Waals surface area contributed by atoms with E-state index in [-0.39, 0.29) is 29.6 Å². The molecular weight excluding hydrogens is 329 g/mol. The van der Waals surface area contributed by atoms with Gasteiger partial charge in [0.05, 0.1) is 0 Å². The molecule has 0 bridgehead atoms. The molecule has 0 saturated carbocycles. The molecule has 0 aliphatic rings. The third kappa shape index (κ3) is 71.9. The van der Waals surface area contributed by atoms with Crippen LogP contribution in [0.2, 0.25) is 0 Å². The molecule has 6 nitrogen and oxygen atoms in total. The molecule has 136 valence electrons. The first-order valence-corrected chi connectivity index (χ1v) is 9.19. The molecule has 0 radical (unpaired) electrons. The molecule has 0 rings (SSSR count). The van der Waals surface area contributed by atoms with Crippen LogP contribution >= 0.6 is 0 Å². The van der Waals surface area contributed by atoms with E-state index in [0.29, 0.717) is 0 Å². The van der Waals surface area contributed by atoms with E-state index in [9.17, 15) is 4.79 Å². The van der Waals surface area contributed by atoms with Gasteiger partial charge in [-0.15, -0.1) is 0 Å². The minimum atomic E-state index is -4.67. The van der Waals surface area contributed by atoms with Crippen LogP contribution in [0.4, 0.5) is 0 Å². The van der Waals surface area contributed by atoms with Gasteiger partial charge in [-0.3, -0.25) is 13.9 Å². The molecule has 0 unspecified atom stereocenters. The molecule has 0 heterocycles. The van der Waals surface area contributed by atoms with Crippen LogP contribution in [0.3, 0.4) is 0 Å². The summed E-state index contributed by atoms with van der Waals surface area (Å²) in [5.41, 5.74) is 0. The first-order chi connectivity index (χ1) is 10.2. The second-order valence-electron chi connectivity index (χ2n) is 5.20. The van der Waals surface area contributed by atoms with Gasteiger partial charge in [0.15, 0.2) is 0 Å². The number of carbonyl (C=O) groups excluding carboxylic acids is 1. The first-order valence-electron chi connectivity index (χ1n) is 7.79. The summed E-state index contributed by atoms with van der Waals surface area (Å²) in [5.74, 6) is 0. The molecule has 0 spiro atoms. The zero-order valence-electron chi connectivity index (χ0n) is 15.3. The minimum absolute atomic E-state index is 0. The Balaban J connectivity index is -0.000000137. The summed E-state index contributed by atoms with van der Waals surface area (Å²) in [4.78, 5) is 10.9. The van der Waals surface area contributed by atoms with E-state index < -0.39 is 10.4 Å². The van der Waals surface area contributed by atoms with E-state index in [1.165, 1.54) is 62.7 Å². The number of nitrogens with zero attached hydrogens (tertiary/aromatic N) is 1. The maximum Gasteiger partial charge on any atom is 1.00 e. The first kappa shape index (κ1) is 31.1.